The molecule has 0 spiro atoms. The Balaban J connectivity index is 1.83. The second kappa shape index (κ2) is 6.86. The molecule has 0 radical (unpaired) electrons. The quantitative estimate of drug-likeness (QED) is 0.856. The Morgan fingerprint density at radius 2 is 1.85 bits per heavy atom. The van der Waals surface area contributed by atoms with Gasteiger partial charge in [0.25, 0.3) is 0 Å². The van der Waals surface area contributed by atoms with Crippen molar-refractivity contribution in [3.05, 3.63) is 52.2 Å². The Kier molecular flexibility index (Phi) is 4.90. The summed E-state index contributed by atoms with van der Waals surface area (Å²) < 4.78 is 0. The van der Waals surface area contributed by atoms with Crippen LogP contribution in [0.3, 0.4) is 0 Å². The predicted octanol–water partition coefficient (Wildman–Crippen LogP) is 2.35. The Morgan fingerprint density at radius 1 is 1.10 bits per heavy atom. The molecule has 0 aliphatic heterocycles. The van der Waals surface area contributed by atoms with Crippen molar-refractivity contribution in [1.29, 1.82) is 0 Å². The van der Waals surface area contributed by atoms with Crippen LogP contribution in [0.5, 0.6) is 0 Å². The SMILES string of the molecule is NC(=O)Cc1ccc(NC(=O)CCc2ccsc2)cc1. The fraction of sp³-hybridized carbons (Fsp3) is 0.200. The van der Waals surface area contributed by atoms with E-state index < -0.39 is 0 Å². The van der Waals surface area contributed by atoms with Crippen LogP contribution in [-0.2, 0) is 22.4 Å². The third-order valence-corrected chi connectivity index (χ3v) is 3.57. The summed E-state index contributed by atoms with van der Waals surface area (Å²) in [4.78, 5) is 22.6. The molecule has 0 fully saturated rings. The minimum absolute atomic E-state index is 0.0150. The lowest BCUT2D eigenvalue weighted by Crippen LogP contribution is -2.14. The summed E-state index contributed by atoms with van der Waals surface area (Å²) >= 11 is 1.63. The number of amides is 2. The lowest BCUT2D eigenvalue weighted by molar-refractivity contribution is -0.117. The molecule has 1 aromatic carbocycles. The molecule has 0 saturated heterocycles. The van der Waals surface area contributed by atoms with Crippen LogP contribution in [-0.4, -0.2) is 11.8 Å². The van der Waals surface area contributed by atoms with Gasteiger partial charge in [-0.05, 0) is 46.5 Å². The maximum atomic E-state index is 11.8. The van der Waals surface area contributed by atoms with Crippen LogP contribution in [0.15, 0.2) is 41.1 Å². The number of nitrogens with two attached hydrogens (primary N) is 1. The Labute approximate surface area is 121 Å². The number of aryl methyl sites for hydroxylation is 1. The topological polar surface area (TPSA) is 72.2 Å². The average Bonchev–Trinajstić information content (AvgIpc) is 2.91. The summed E-state index contributed by atoms with van der Waals surface area (Å²) in [6.45, 7) is 0. The number of carbonyl (C=O) groups excluding carboxylic acids is 2. The van der Waals surface area contributed by atoms with E-state index in [1.54, 1.807) is 35.6 Å². The van der Waals surface area contributed by atoms with Gasteiger partial charge >= 0.3 is 0 Å². The minimum Gasteiger partial charge on any atom is -0.369 e. The first-order chi connectivity index (χ1) is 9.63. The number of primary amides is 1. The molecule has 5 heteroatoms. The Bertz CT molecular complexity index is 576. The zero-order chi connectivity index (χ0) is 14.4. The van der Waals surface area contributed by atoms with Crippen molar-refractivity contribution < 1.29 is 9.59 Å². The van der Waals surface area contributed by atoms with Gasteiger partial charge in [-0.1, -0.05) is 12.1 Å². The van der Waals surface area contributed by atoms with E-state index in [0.29, 0.717) is 6.42 Å². The minimum atomic E-state index is -0.363. The number of hydrogen-bond donors (Lipinski definition) is 2. The first kappa shape index (κ1) is 14.3. The molecule has 1 aromatic heterocycles. The van der Waals surface area contributed by atoms with E-state index in [1.807, 2.05) is 16.8 Å². The fourth-order valence-corrected chi connectivity index (χ4v) is 2.53. The van der Waals surface area contributed by atoms with Gasteiger partial charge in [-0.25, -0.2) is 0 Å². The molecule has 2 aromatic rings. The molecule has 104 valence electrons. The predicted molar refractivity (Wildman–Crippen MR) is 80.6 cm³/mol. The lowest BCUT2D eigenvalue weighted by Gasteiger charge is -2.05. The van der Waals surface area contributed by atoms with E-state index >= 15 is 0 Å². The number of anilines is 1. The fourth-order valence-electron chi connectivity index (χ4n) is 1.82. The molecule has 3 N–H and O–H groups in total. The Hall–Kier alpha value is -2.14. The smallest absolute Gasteiger partial charge is 0.224 e. The number of rotatable bonds is 6. The largest absolute Gasteiger partial charge is 0.369 e. The highest BCUT2D eigenvalue weighted by Crippen LogP contribution is 2.12. The maximum absolute atomic E-state index is 11.8. The maximum Gasteiger partial charge on any atom is 0.224 e. The summed E-state index contributed by atoms with van der Waals surface area (Å²) in [6, 6.07) is 9.16. The third-order valence-electron chi connectivity index (χ3n) is 2.84. The summed E-state index contributed by atoms with van der Waals surface area (Å²) in [6.07, 6.45) is 1.42. The van der Waals surface area contributed by atoms with Gasteiger partial charge in [-0.2, -0.15) is 11.3 Å². The molecule has 0 unspecified atom stereocenters. The molecule has 4 nitrogen and oxygen atoms in total. The number of thiophene rings is 1. The van der Waals surface area contributed by atoms with Crippen molar-refractivity contribution >= 4 is 28.8 Å². The van der Waals surface area contributed by atoms with Crippen molar-refractivity contribution in [2.45, 2.75) is 19.3 Å². The van der Waals surface area contributed by atoms with Gasteiger partial charge in [0, 0.05) is 12.1 Å². The lowest BCUT2D eigenvalue weighted by atomic mass is 10.1. The van der Waals surface area contributed by atoms with Crippen LogP contribution in [0.25, 0.3) is 0 Å². The molecular formula is C15H16N2O2S. The normalized spacial score (nSPS) is 10.2. The molecule has 0 aliphatic carbocycles. The average molecular weight is 288 g/mol. The van der Waals surface area contributed by atoms with Crippen LogP contribution in [0.2, 0.25) is 0 Å². The molecule has 0 saturated carbocycles. The van der Waals surface area contributed by atoms with Gasteiger partial charge in [0.1, 0.15) is 0 Å². The van der Waals surface area contributed by atoms with Gasteiger partial charge in [0.15, 0.2) is 0 Å². The monoisotopic (exact) mass is 288 g/mol. The van der Waals surface area contributed by atoms with E-state index in [9.17, 15) is 9.59 Å². The second-order valence-corrected chi connectivity index (χ2v) is 5.30. The van der Waals surface area contributed by atoms with Crippen molar-refractivity contribution in [2.24, 2.45) is 5.73 Å². The van der Waals surface area contributed by atoms with E-state index in [0.717, 1.165) is 17.7 Å². The number of benzene rings is 1. The van der Waals surface area contributed by atoms with Gasteiger partial charge < -0.3 is 11.1 Å². The first-order valence-electron chi connectivity index (χ1n) is 6.31. The van der Waals surface area contributed by atoms with Crippen LogP contribution < -0.4 is 11.1 Å². The van der Waals surface area contributed by atoms with E-state index in [4.69, 9.17) is 5.73 Å². The number of nitrogens with one attached hydrogen (secondary N) is 1. The van der Waals surface area contributed by atoms with Crippen molar-refractivity contribution in [3.8, 4) is 0 Å². The molecule has 0 atom stereocenters. The highest BCUT2D eigenvalue weighted by atomic mass is 32.1. The highest BCUT2D eigenvalue weighted by molar-refractivity contribution is 7.07. The van der Waals surface area contributed by atoms with Crippen molar-refractivity contribution in [2.75, 3.05) is 5.32 Å². The highest BCUT2D eigenvalue weighted by Gasteiger charge is 2.04. The summed E-state index contributed by atoms with van der Waals surface area (Å²) in [5.41, 5.74) is 7.88. The zero-order valence-electron chi connectivity index (χ0n) is 11.0. The van der Waals surface area contributed by atoms with E-state index in [1.165, 1.54) is 5.56 Å². The summed E-state index contributed by atoms with van der Waals surface area (Å²) in [5.74, 6) is -0.378. The van der Waals surface area contributed by atoms with Crippen LogP contribution in [0.4, 0.5) is 5.69 Å². The van der Waals surface area contributed by atoms with Gasteiger partial charge in [-0.15, -0.1) is 0 Å². The Morgan fingerprint density at radius 3 is 2.45 bits per heavy atom. The van der Waals surface area contributed by atoms with Crippen LogP contribution in [0.1, 0.15) is 17.5 Å². The van der Waals surface area contributed by atoms with Gasteiger partial charge in [0.05, 0.1) is 6.42 Å². The number of carbonyl (C=O) groups is 2. The molecule has 0 aliphatic rings. The van der Waals surface area contributed by atoms with Crippen molar-refractivity contribution in [3.63, 3.8) is 0 Å². The molecular weight excluding hydrogens is 272 g/mol. The molecule has 2 amide bonds. The van der Waals surface area contributed by atoms with Crippen molar-refractivity contribution in [1.82, 2.24) is 0 Å². The van der Waals surface area contributed by atoms with Crippen LogP contribution in [0, 0.1) is 0 Å². The molecule has 20 heavy (non-hydrogen) atoms. The third kappa shape index (κ3) is 4.51. The summed E-state index contributed by atoms with van der Waals surface area (Å²) in [7, 11) is 0. The van der Waals surface area contributed by atoms with Gasteiger partial charge in [0.2, 0.25) is 11.8 Å². The van der Waals surface area contributed by atoms with E-state index in [-0.39, 0.29) is 18.2 Å². The zero-order valence-corrected chi connectivity index (χ0v) is 11.8. The number of hydrogen-bond acceptors (Lipinski definition) is 3. The molecule has 1 heterocycles. The van der Waals surface area contributed by atoms with E-state index in [2.05, 4.69) is 5.32 Å². The summed E-state index contributed by atoms with van der Waals surface area (Å²) in [5, 5.41) is 6.89. The second-order valence-electron chi connectivity index (χ2n) is 4.52. The van der Waals surface area contributed by atoms with Gasteiger partial charge in [-0.3, -0.25) is 9.59 Å². The van der Waals surface area contributed by atoms with Crippen LogP contribution >= 0.6 is 11.3 Å². The first-order valence-corrected chi connectivity index (χ1v) is 7.26. The molecule has 2 rings (SSSR count). The standard InChI is InChI=1S/C15H16N2O2S/c16-14(18)9-11-1-4-13(5-2-11)17-15(19)6-3-12-7-8-20-10-12/h1-2,4-5,7-8,10H,3,6,9H2,(H2,16,18)(H,17,19). The molecule has 0 bridgehead atoms.